The average molecular weight is 182 g/mol. The summed E-state index contributed by atoms with van der Waals surface area (Å²) in [5.74, 6) is 0. The lowest BCUT2D eigenvalue weighted by Crippen LogP contribution is -1.78. The molecule has 0 aliphatic carbocycles. The normalized spacial score (nSPS) is 12.7. The minimum absolute atomic E-state index is 0.162. The van der Waals surface area contributed by atoms with E-state index < -0.39 is 0 Å². The maximum absolute atomic E-state index is 8.61. The van der Waals surface area contributed by atoms with E-state index in [1.165, 1.54) is 31.3 Å². The summed E-state index contributed by atoms with van der Waals surface area (Å²) in [5.41, 5.74) is 1.24. The van der Waals surface area contributed by atoms with Gasteiger partial charge in [-0.15, -0.1) is 0 Å². The fourth-order valence-electron chi connectivity index (χ4n) is 1.14. The molecule has 0 bridgehead atoms. The summed E-state index contributed by atoms with van der Waals surface area (Å²) in [6.07, 6.45) is 12.4. The minimum Gasteiger partial charge on any atom is -0.392 e. The van der Waals surface area contributed by atoms with Gasteiger partial charge >= 0.3 is 0 Å². The van der Waals surface area contributed by atoms with Crippen molar-refractivity contribution in [3.05, 3.63) is 23.8 Å². The second-order valence-electron chi connectivity index (χ2n) is 3.40. The van der Waals surface area contributed by atoms with Crippen LogP contribution in [0.4, 0.5) is 0 Å². The molecule has 13 heavy (non-hydrogen) atoms. The lowest BCUT2D eigenvalue weighted by molar-refractivity contribution is 0.341. The van der Waals surface area contributed by atoms with Gasteiger partial charge in [-0.05, 0) is 26.2 Å². The molecule has 0 radical (unpaired) electrons. The first-order valence-electron chi connectivity index (χ1n) is 5.22. The van der Waals surface area contributed by atoms with E-state index in [2.05, 4.69) is 19.1 Å². The molecule has 0 aromatic heterocycles. The van der Waals surface area contributed by atoms with Crippen LogP contribution in [0.5, 0.6) is 0 Å². The van der Waals surface area contributed by atoms with Crippen LogP contribution in [-0.4, -0.2) is 11.7 Å². The van der Waals surface area contributed by atoms with Crippen LogP contribution in [0.1, 0.15) is 46.0 Å². The first kappa shape index (κ1) is 12.4. The van der Waals surface area contributed by atoms with Crippen molar-refractivity contribution in [3.8, 4) is 0 Å². The fourth-order valence-corrected chi connectivity index (χ4v) is 1.14. The number of allylic oxidation sites excluding steroid dienone is 3. The zero-order chi connectivity index (χ0) is 9.94. The van der Waals surface area contributed by atoms with E-state index in [1.54, 1.807) is 0 Å². The van der Waals surface area contributed by atoms with Crippen molar-refractivity contribution in [2.24, 2.45) is 0 Å². The molecule has 1 N–H and O–H groups in total. The highest BCUT2D eigenvalue weighted by Gasteiger charge is 1.84. The zero-order valence-electron chi connectivity index (χ0n) is 8.92. The summed E-state index contributed by atoms with van der Waals surface area (Å²) in [4.78, 5) is 0. The highest BCUT2D eigenvalue weighted by Crippen LogP contribution is 2.03. The van der Waals surface area contributed by atoms with E-state index in [1.807, 2.05) is 13.0 Å². The Morgan fingerprint density at radius 3 is 2.62 bits per heavy atom. The smallest absolute Gasteiger partial charge is 0.0615 e. The van der Waals surface area contributed by atoms with Gasteiger partial charge in [0.2, 0.25) is 0 Å². The third kappa shape index (κ3) is 9.35. The number of rotatable bonds is 7. The molecule has 0 unspecified atom stereocenters. The second kappa shape index (κ2) is 9.53. The van der Waals surface area contributed by atoms with Crippen LogP contribution >= 0.6 is 0 Å². The van der Waals surface area contributed by atoms with Gasteiger partial charge in [-0.2, -0.15) is 0 Å². The highest BCUT2D eigenvalue weighted by atomic mass is 16.2. The quantitative estimate of drug-likeness (QED) is 0.472. The SMILES string of the molecule is CCCCC/C=C/C/C(C)=C/CO. The van der Waals surface area contributed by atoms with Gasteiger partial charge in [0.15, 0.2) is 0 Å². The molecule has 1 nitrogen and oxygen atoms in total. The van der Waals surface area contributed by atoms with Crippen molar-refractivity contribution in [1.82, 2.24) is 0 Å². The largest absolute Gasteiger partial charge is 0.392 e. The molecule has 0 aromatic carbocycles. The van der Waals surface area contributed by atoms with Crippen LogP contribution in [0.25, 0.3) is 0 Å². The molecule has 1 heteroatoms. The molecule has 0 spiro atoms. The summed E-state index contributed by atoms with van der Waals surface area (Å²) in [7, 11) is 0. The van der Waals surface area contributed by atoms with Gasteiger partial charge in [0.1, 0.15) is 0 Å². The Morgan fingerprint density at radius 1 is 1.23 bits per heavy atom. The first-order chi connectivity index (χ1) is 6.31. The molecular formula is C12H22O. The molecular weight excluding hydrogens is 160 g/mol. The lowest BCUT2D eigenvalue weighted by Gasteiger charge is -1.94. The van der Waals surface area contributed by atoms with E-state index in [0.717, 1.165) is 6.42 Å². The van der Waals surface area contributed by atoms with Gasteiger partial charge in [0.05, 0.1) is 6.61 Å². The highest BCUT2D eigenvalue weighted by molar-refractivity contribution is 5.04. The summed E-state index contributed by atoms with van der Waals surface area (Å²) in [6.45, 7) is 4.43. The molecule has 0 amide bonds. The van der Waals surface area contributed by atoms with Crippen LogP contribution in [-0.2, 0) is 0 Å². The summed E-state index contributed by atoms with van der Waals surface area (Å²) >= 11 is 0. The van der Waals surface area contributed by atoms with Crippen LogP contribution in [0.3, 0.4) is 0 Å². The Balaban J connectivity index is 3.35. The number of hydrogen-bond acceptors (Lipinski definition) is 1. The minimum atomic E-state index is 0.162. The number of hydrogen-bond donors (Lipinski definition) is 1. The van der Waals surface area contributed by atoms with Crippen molar-refractivity contribution >= 4 is 0 Å². The van der Waals surface area contributed by atoms with Crippen LogP contribution < -0.4 is 0 Å². The van der Waals surface area contributed by atoms with Crippen LogP contribution in [0.15, 0.2) is 23.8 Å². The summed E-state index contributed by atoms with van der Waals surface area (Å²) in [6, 6.07) is 0. The number of aliphatic hydroxyl groups is 1. The van der Waals surface area contributed by atoms with Crippen molar-refractivity contribution < 1.29 is 5.11 Å². The van der Waals surface area contributed by atoms with Crippen molar-refractivity contribution in [3.63, 3.8) is 0 Å². The van der Waals surface area contributed by atoms with Crippen molar-refractivity contribution in [2.45, 2.75) is 46.0 Å². The van der Waals surface area contributed by atoms with Crippen LogP contribution in [0.2, 0.25) is 0 Å². The second-order valence-corrected chi connectivity index (χ2v) is 3.40. The molecule has 0 fully saturated rings. The third-order valence-electron chi connectivity index (χ3n) is 2.02. The van der Waals surface area contributed by atoms with Crippen molar-refractivity contribution in [1.29, 1.82) is 0 Å². The average Bonchev–Trinajstić information content (AvgIpc) is 2.11. The van der Waals surface area contributed by atoms with E-state index in [4.69, 9.17) is 5.11 Å². The van der Waals surface area contributed by atoms with Gasteiger partial charge < -0.3 is 5.11 Å². The standard InChI is InChI=1S/C12H22O/c1-3-4-5-6-7-8-9-12(2)10-11-13/h7-8,10,13H,3-6,9,11H2,1-2H3/b8-7+,12-10+. The first-order valence-corrected chi connectivity index (χ1v) is 5.22. The molecule has 0 atom stereocenters. The number of aliphatic hydroxyl groups excluding tert-OH is 1. The van der Waals surface area contributed by atoms with Crippen molar-refractivity contribution in [2.75, 3.05) is 6.61 Å². The van der Waals surface area contributed by atoms with E-state index in [9.17, 15) is 0 Å². The molecule has 0 aromatic rings. The van der Waals surface area contributed by atoms with Gasteiger partial charge in [-0.25, -0.2) is 0 Å². The zero-order valence-corrected chi connectivity index (χ0v) is 8.92. The maximum atomic E-state index is 8.61. The fraction of sp³-hybridized carbons (Fsp3) is 0.667. The Bertz CT molecular complexity index is 157. The Kier molecular flexibility index (Phi) is 9.12. The summed E-state index contributed by atoms with van der Waals surface area (Å²) < 4.78 is 0. The third-order valence-corrected chi connectivity index (χ3v) is 2.02. The molecule has 0 aliphatic rings. The van der Waals surface area contributed by atoms with E-state index in [-0.39, 0.29) is 6.61 Å². The molecule has 0 saturated carbocycles. The topological polar surface area (TPSA) is 20.2 Å². The Morgan fingerprint density at radius 2 is 2.00 bits per heavy atom. The molecule has 0 heterocycles. The Hall–Kier alpha value is -0.560. The van der Waals surface area contributed by atoms with E-state index in [0.29, 0.717) is 0 Å². The maximum Gasteiger partial charge on any atom is 0.0615 e. The van der Waals surface area contributed by atoms with Crippen LogP contribution in [0, 0.1) is 0 Å². The predicted molar refractivity (Wildman–Crippen MR) is 58.7 cm³/mol. The Labute approximate surface area is 82.2 Å². The summed E-state index contributed by atoms with van der Waals surface area (Å²) in [5, 5.41) is 8.61. The van der Waals surface area contributed by atoms with E-state index >= 15 is 0 Å². The van der Waals surface area contributed by atoms with Gasteiger partial charge in [0, 0.05) is 0 Å². The monoisotopic (exact) mass is 182 g/mol. The van der Waals surface area contributed by atoms with Gasteiger partial charge in [-0.1, -0.05) is 43.6 Å². The predicted octanol–water partition coefficient (Wildman–Crippen LogP) is 3.45. The van der Waals surface area contributed by atoms with Gasteiger partial charge in [-0.3, -0.25) is 0 Å². The molecule has 0 saturated heterocycles. The van der Waals surface area contributed by atoms with Gasteiger partial charge in [0.25, 0.3) is 0 Å². The molecule has 0 aliphatic heterocycles. The molecule has 0 rings (SSSR count). The molecule has 76 valence electrons. The lowest BCUT2D eigenvalue weighted by atomic mass is 10.1. The number of unbranched alkanes of at least 4 members (excludes halogenated alkanes) is 3.